The highest BCUT2D eigenvalue weighted by Gasteiger charge is 2.16. The predicted octanol–water partition coefficient (Wildman–Crippen LogP) is 3.61. The highest BCUT2D eigenvalue weighted by atomic mass is 32.2. The summed E-state index contributed by atoms with van der Waals surface area (Å²) in [5, 5.41) is 9.57. The van der Waals surface area contributed by atoms with Crippen molar-refractivity contribution in [2.75, 3.05) is 6.26 Å². The van der Waals surface area contributed by atoms with Gasteiger partial charge in [-0.2, -0.15) is 11.8 Å². The molecule has 0 bridgehead atoms. The van der Waals surface area contributed by atoms with E-state index in [2.05, 4.69) is 36.6 Å². The van der Waals surface area contributed by atoms with Crippen LogP contribution < -0.4 is 0 Å². The maximum absolute atomic E-state index is 11.1. The Morgan fingerprint density at radius 2 is 2.10 bits per heavy atom. The molecule has 108 valence electrons. The van der Waals surface area contributed by atoms with Gasteiger partial charge in [0.05, 0.1) is 16.6 Å². The third-order valence-electron chi connectivity index (χ3n) is 3.38. The van der Waals surface area contributed by atoms with Crippen LogP contribution in [0.4, 0.5) is 0 Å². The average molecular weight is 292 g/mol. The smallest absolute Gasteiger partial charge is 0.335 e. The normalized spacial score (nSPS) is 13.1. The molecule has 5 heteroatoms. The van der Waals surface area contributed by atoms with Gasteiger partial charge in [-0.1, -0.05) is 20.8 Å². The van der Waals surface area contributed by atoms with Gasteiger partial charge in [0.25, 0.3) is 0 Å². The minimum Gasteiger partial charge on any atom is -0.478 e. The molecule has 0 amide bonds. The SMILES string of the molecule is CSC(C)Cn1c(C(C)C)nc2cc(C(=O)O)ccc21. The molecule has 1 atom stereocenters. The van der Waals surface area contributed by atoms with Crippen molar-refractivity contribution >= 4 is 28.8 Å². The van der Waals surface area contributed by atoms with E-state index in [4.69, 9.17) is 5.11 Å². The number of thioether (sulfide) groups is 1. The van der Waals surface area contributed by atoms with Crippen LogP contribution in [0.5, 0.6) is 0 Å². The van der Waals surface area contributed by atoms with Crippen LogP contribution in [0.2, 0.25) is 0 Å². The molecule has 20 heavy (non-hydrogen) atoms. The van der Waals surface area contributed by atoms with Crippen molar-refractivity contribution in [1.29, 1.82) is 0 Å². The molecule has 1 heterocycles. The number of aromatic nitrogens is 2. The lowest BCUT2D eigenvalue weighted by Gasteiger charge is -2.15. The van der Waals surface area contributed by atoms with Gasteiger partial charge in [0.15, 0.2) is 0 Å². The third-order valence-corrected chi connectivity index (χ3v) is 4.34. The average Bonchev–Trinajstić information content (AvgIpc) is 2.76. The molecule has 1 aromatic heterocycles. The zero-order chi connectivity index (χ0) is 14.9. The first-order valence-electron chi connectivity index (χ1n) is 6.70. The highest BCUT2D eigenvalue weighted by molar-refractivity contribution is 7.99. The maximum atomic E-state index is 11.1. The van der Waals surface area contributed by atoms with Crippen LogP contribution in [0.3, 0.4) is 0 Å². The molecule has 1 aromatic carbocycles. The summed E-state index contributed by atoms with van der Waals surface area (Å²) in [6.07, 6.45) is 2.10. The molecule has 0 saturated heterocycles. The highest BCUT2D eigenvalue weighted by Crippen LogP contribution is 2.24. The Kier molecular flexibility index (Phi) is 4.38. The second-order valence-electron chi connectivity index (χ2n) is 5.29. The van der Waals surface area contributed by atoms with Crippen molar-refractivity contribution in [2.24, 2.45) is 0 Å². The summed E-state index contributed by atoms with van der Waals surface area (Å²) < 4.78 is 2.22. The number of carboxylic acids is 1. The second-order valence-corrected chi connectivity index (χ2v) is 6.57. The van der Waals surface area contributed by atoms with Gasteiger partial charge in [0, 0.05) is 17.7 Å². The topological polar surface area (TPSA) is 55.1 Å². The van der Waals surface area contributed by atoms with E-state index >= 15 is 0 Å². The number of nitrogens with zero attached hydrogens (tertiary/aromatic N) is 2. The van der Waals surface area contributed by atoms with E-state index in [1.807, 2.05) is 17.8 Å². The van der Waals surface area contributed by atoms with E-state index < -0.39 is 5.97 Å². The molecule has 0 fully saturated rings. The fraction of sp³-hybridized carbons (Fsp3) is 0.467. The summed E-state index contributed by atoms with van der Waals surface area (Å²) in [5.74, 6) is 0.415. The summed E-state index contributed by atoms with van der Waals surface area (Å²) in [7, 11) is 0. The Morgan fingerprint density at radius 1 is 1.40 bits per heavy atom. The molecule has 0 aliphatic carbocycles. The summed E-state index contributed by atoms with van der Waals surface area (Å²) in [5.41, 5.74) is 2.07. The number of fused-ring (bicyclic) bond motifs is 1. The molecular formula is C15H20N2O2S. The van der Waals surface area contributed by atoms with Crippen molar-refractivity contribution in [1.82, 2.24) is 9.55 Å². The quantitative estimate of drug-likeness (QED) is 0.914. The van der Waals surface area contributed by atoms with E-state index in [0.29, 0.717) is 11.2 Å². The number of imidazole rings is 1. The lowest BCUT2D eigenvalue weighted by atomic mass is 10.2. The maximum Gasteiger partial charge on any atom is 0.335 e. The minimum absolute atomic E-state index is 0.287. The molecule has 2 aromatic rings. The lowest BCUT2D eigenvalue weighted by Crippen LogP contribution is -2.13. The van der Waals surface area contributed by atoms with Gasteiger partial charge in [0.2, 0.25) is 0 Å². The van der Waals surface area contributed by atoms with E-state index in [9.17, 15) is 4.79 Å². The number of hydrogen-bond acceptors (Lipinski definition) is 3. The molecule has 1 unspecified atom stereocenters. The zero-order valence-electron chi connectivity index (χ0n) is 12.3. The molecule has 4 nitrogen and oxygen atoms in total. The number of carbonyl (C=O) groups is 1. The van der Waals surface area contributed by atoms with Crippen molar-refractivity contribution < 1.29 is 9.90 Å². The van der Waals surface area contributed by atoms with Gasteiger partial charge in [-0.15, -0.1) is 0 Å². The Morgan fingerprint density at radius 3 is 2.65 bits per heavy atom. The van der Waals surface area contributed by atoms with Crippen LogP contribution in [0.15, 0.2) is 18.2 Å². The molecule has 0 spiro atoms. The zero-order valence-corrected chi connectivity index (χ0v) is 13.1. The summed E-state index contributed by atoms with van der Waals surface area (Å²) in [6.45, 7) is 7.29. The molecule has 0 saturated carbocycles. The fourth-order valence-corrected chi connectivity index (χ4v) is 2.54. The first-order chi connectivity index (χ1) is 9.43. The Bertz CT molecular complexity index is 634. The van der Waals surface area contributed by atoms with Gasteiger partial charge in [-0.05, 0) is 24.5 Å². The fourth-order valence-electron chi connectivity index (χ4n) is 2.25. The van der Waals surface area contributed by atoms with Crippen LogP contribution in [0, 0.1) is 0 Å². The Hall–Kier alpha value is -1.49. The Labute approximate surface area is 123 Å². The number of hydrogen-bond donors (Lipinski definition) is 1. The van der Waals surface area contributed by atoms with Crippen molar-refractivity contribution in [2.45, 2.75) is 38.5 Å². The first-order valence-corrected chi connectivity index (χ1v) is 7.99. The molecule has 1 N–H and O–H groups in total. The van der Waals surface area contributed by atoms with E-state index in [-0.39, 0.29) is 5.56 Å². The van der Waals surface area contributed by atoms with E-state index in [0.717, 1.165) is 23.4 Å². The number of carboxylic acid groups (broad SMARTS) is 1. The molecule has 0 aliphatic rings. The number of benzene rings is 1. The predicted molar refractivity (Wildman–Crippen MR) is 83.8 cm³/mol. The molecule has 0 radical (unpaired) electrons. The third kappa shape index (κ3) is 2.82. The summed E-state index contributed by atoms with van der Waals surface area (Å²) >= 11 is 1.82. The van der Waals surface area contributed by atoms with E-state index in [1.165, 1.54) is 0 Å². The van der Waals surface area contributed by atoms with Gasteiger partial charge in [-0.25, -0.2) is 9.78 Å². The Balaban J connectivity index is 2.57. The number of rotatable bonds is 5. The molecule has 2 rings (SSSR count). The molecular weight excluding hydrogens is 272 g/mol. The summed E-state index contributed by atoms with van der Waals surface area (Å²) in [4.78, 5) is 15.7. The second kappa shape index (κ2) is 5.87. The van der Waals surface area contributed by atoms with Crippen molar-refractivity contribution in [3.05, 3.63) is 29.6 Å². The van der Waals surface area contributed by atoms with Gasteiger partial charge in [0.1, 0.15) is 5.82 Å². The van der Waals surface area contributed by atoms with Crippen molar-refractivity contribution in [3.63, 3.8) is 0 Å². The largest absolute Gasteiger partial charge is 0.478 e. The first kappa shape index (κ1) is 14.9. The van der Waals surface area contributed by atoms with Crippen LogP contribution in [0.25, 0.3) is 11.0 Å². The number of aromatic carboxylic acids is 1. The summed E-state index contributed by atoms with van der Waals surface area (Å²) in [6, 6.07) is 5.17. The standard InChI is InChI=1S/C15H20N2O2S/c1-9(2)14-16-12-7-11(15(18)19)5-6-13(12)17(14)8-10(3)20-4/h5-7,9-10H,8H2,1-4H3,(H,18,19). The molecule has 0 aliphatic heterocycles. The van der Waals surface area contributed by atoms with Crippen LogP contribution in [-0.4, -0.2) is 32.1 Å². The van der Waals surface area contributed by atoms with Crippen molar-refractivity contribution in [3.8, 4) is 0 Å². The van der Waals surface area contributed by atoms with Crippen LogP contribution in [-0.2, 0) is 6.54 Å². The monoisotopic (exact) mass is 292 g/mol. The van der Waals surface area contributed by atoms with Crippen LogP contribution in [0.1, 0.15) is 42.9 Å². The van der Waals surface area contributed by atoms with Gasteiger partial charge >= 0.3 is 5.97 Å². The lowest BCUT2D eigenvalue weighted by molar-refractivity contribution is 0.0697. The van der Waals surface area contributed by atoms with Crippen LogP contribution >= 0.6 is 11.8 Å². The minimum atomic E-state index is -0.912. The van der Waals surface area contributed by atoms with E-state index in [1.54, 1.807) is 12.1 Å². The van der Waals surface area contributed by atoms with Gasteiger partial charge in [-0.3, -0.25) is 0 Å². The van der Waals surface area contributed by atoms with Gasteiger partial charge < -0.3 is 9.67 Å².